The van der Waals surface area contributed by atoms with Gasteiger partial charge in [-0.3, -0.25) is 0 Å². The first kappa shape index (κ1) is 9.90. The zero-order valence-corrected chi connectivity index (χ0v) is 8.59. The first-order chi connectivity index (χ1) is 6.09. The highest BCUT2D eigenvalue weighted by Crippen LogP contribution is 2.16. The summed E-state index contributed by atoms with van der Waals surface area (Å²) in [4.78, 5) is 0. The standard InChI is InChI=1S/C11H18N2/c1-8(2)7-13-10-5-4-9(3)11(12)6-10/h4-6,8,13H,7,12H2,1-3H3. The molecular weight excluding hydrogens is 160 g/mol. The quantitative estimate of drug-likeness (QED) is 0.698. The monoisotopic (exact) mass is 178 g/mol. The number of nitrogens with two attached hydrogens (primary N) is 1. The Morgan fingerprint density at radius 1 is 1.38 bits per heavy atom. The van der Waals surface area contributed by atoms with E-state index in [1.54, 1.807) is 0 Å². The number of rotatable bonds is 3. The first-order valence-electron chi connectivity index (χ1n) is 4.69. The lowest BCUT2D eigenvalue weighted by Crippen LogP contribution is -2.08. The average Bonchev–Trinajstić information content (AvgIpc) is 2.07. The van der Waals surface area contributed by atoms with E-state index in [1.165, 1.54) is 0 Å². The van der Waals surface area contributed by atoms with E-state index in [0.29, 0.717) is 5.92 Å². The molecule has 0 saturated heterocycles. The van der Waals surface area contributed by atoms with Crippen LogP contribution in [0.3, 0.4) is 0 Å². The van der Waals surface area contributed by atoms with Crippen molar-refractivity contribution in [2.24, 2.45) is 5.92 Å². The summed E-state index contributed by atoms with van der Waals surface area (Å²) in [5.41, 5.74) is 8.88. The molecular formula is C11H18N2. The maximum atomic E-state index is 5.79. The zero-order valence-electron chi connectivity index (χ0n) is 8.59. The number of aryl methyl sites for hydroxylation is 1. The second-order valence-corrected chi connectivity index (χ2v) is 3.85. The Bertz CT molecular complexity index is 279. The van der Waals surface area contributed by atoms with Gasteiger partial charge in [-0.1, -0.05) is 19.9 Å². The number of anilines is 2. The Morgan fingerprint density at radius 2 is 2.08 bits per heavy atom. The van der Waals surface area contributed by atoms with Crippen molar-refractivity contribution in [2.45, 2.75) is 20.8 Å². The van der Waals surface area contributed by atoms with Crippen molar-refractivity contribution >= 4 is 11.4 Å². The molecule has 0 atom stereocenters. The van der Waals surface area contributed by atoms with E-state index in [0.717, 1.165) is 23.5 Å². The molecule has 0 saturated carbocycles. The molecule has 0 heterocycles. The molecule has 72 valence electrons. The van der Waals surface area contributed by atoms with Crippen LogP contribution in [0.5, 0.6) is 0 Å². The third kappa shape index (κ3) is 2.98. The fraction of sp³-hybridized carbons (Fsp3) is 0.455. The summed E-state index contributed by atoms with van der Waals surface area (Å²) in [6.07, 6.45) is 0. The molecule has 1 aromatic carbocycles. The van der Waals surface area contributed by atoms with Crippen LogP contribution in [0.1, 0.15) is 19.4 Å². The molecule has 1 aromatic rings. The van der Waals surface area contributed by atoms with Crippen LogP contribution >= 0.6 is 0 Å². The van der Waals surface area contributed by atoms with Gasteiger partial charge in [0.2, 0.25) is 0 Å². The Morgan fingerprint density at radius 3 is 2.62 bits per heavy atom. The molecule has 0 aliphatic carbocycles. The molecule has 3 N–H and O–H groups in total. The summed E-state index contributed by atoms with van der Waals surface area (Å²) in [6.45, 7) is 7.37. The van der Waals surface area contributed by atoms with Gasteiger partial charge in [-0.05, 0) is 30.5 Å². The van der Waals surface area contributed by atoms with Gasteiger partial charge >= 0.3 is 0 Å². The van der Waals surface area contributed by atoms with Crippen molar-refractivity contribution < 1.29 is 0 Å². The maximum Gasteiger partial charge on any atom is 0.0364 e. The summed E-state index contributed by atoms with van der Waals surface area (Å²) in [5.74, 6) is 0.655. The highest BCUT2D eigenvalue weighted by atomic mass is 14.9. The molecule has 0 aromatic heterocycles. The number of nitrogens with one attached hydrogen (secondary N) is 1. The SMILES string of the molecule is Cc1ccc(NCC(C)C)cc1N. The van der Waals surface area contributed by atoms with Crippen molar-refractivity contribution in [2.75, 3.05) is 17.6 Å². The van der Waals surface area contributed by atoms with Crippen LogP contribution in [0.15, 0.2) is 18.2 Å². The van der Waals surface area contributed by atoms with Gasteiger partial charge in [0.25, 0.3) is 0 Å². The normalized spacial score (nSPS) is 10.5. The fourth-order valence-corrected chi connectivity index (χ4v) is 1.07. The number of nitrogen functional groups attached to an aromatic ring is 1. The summed E-state index contributed by atoms with van der Waals surface area (Å²) in [5, 5.41) is 3.33. The van der Waals surface area contributed by atoms with Gasteiger partial charge in [-0.15, -0.1) is 0 Å². The predicted octanol–water partition coefficient (Wildman–Crippen LogP) is 2.65. The van der Waals surface area contributed by atoms with E-state index < -0.39 is 0 Å². The Labute approximate surface area is 80.1 Å². The van der Waals surface area contributed by atoms with Gasteiger partial charge in [0.15, 0.2) is 0 Å². The number of hydrogen-bond donors (Lipinski definition) is 2. The first-order valence-corrected chi connectivity index (χ1v) is 4.69. The summed E-state index contributed by atoms with van der Waals surface area (Å²) < 4.78 is 0. The van der Waals surface area contributed by atoms with Crippen molar-refractivity contribution in [3.05, 3.63) is 23.8 Å². The van der Waals surface area contributed by atoms with Crippen LogP contribution in [0, 0.1) is 12.8 Å². The molecule has 2 heteroatoms. The van der Waals surface area contributed by atoms with Crippen LogP contribution in [-0.4, -0.2) is 6.54 Å². The average molecular weight is 178 g/mol. The van der Waals surface area contributed by atoms with E-state index in [2.05, 4.69) is 25.2 Å². The molecule has 0 fully saturated rings. The molecule has 0 spiro atoms. The van der Waals surface area contributed by atoms with Gasteiger partial charge in [-0.25, -0.2) is 0 Å². The minimum atomic E-state index is 0.655. The highest BCUT2D eigenvalue weighted by Gasteiger charge is 1.97. The van der Waals surface area contributed by atoms with Gasteiger partial charge in [-0.2, -0.15) is 0 Å². The zero-order chi connectivity index (χ0) is 9.84. The van der Waals surface area contributed by atoms with E-state index in [4.69, 9.17) is 5.73 Å². The van der Waals surface area contributed by atoms with E-state index in [1.807, 2.05) is 19.1 Å². The van der Waals surface area contributed by atoms with Crippen LogP contribution in [0.2, 0.25) is 0 Å². The fourth-order valence-electron chi connectivity index (χ4n) is 1.07. The van der Waals surface area contributed by atoms with Crippen molar-refractivity contribution in [3.63, 3.8) is 0 Å². The number of benzene rings is 1. The van der Waals surface area contributed by atoms with Crippen LogP contribution in [0.25, 0.3) is 0 Å². The number of hydrogen-bond acceptors (Lipinski definition) is 2. The Kier molecular flexibility index (Phi) is 3.18. The lowest BCUT2D eigenvalue weighted by molar-refractivity contribution is 0.689. The summed E-state index contributed by atoms with van der Waals surface area (Å²) in [7, 11) is 0. The molecule has 0 aliphatic heterocycles. The molecule has 0 bridgehead atoms. The predicted molar refractivity (Wildman–Crippen MR) is 58.9 cm³/mol. The van der Waals surface area contributed by atoms with Gasteiger partial charge < -0.3 is 11.1 Å². The lowest BCUT2D eigenvalue weighted by atomic mass is 10.1. The van der Waals surface area contributed by atoms with Gasteiger partial charge in [0.05, 0.1) is 0 Å². The second-order valence-electron chi connectivity index (χ2n) is 3.85. The molecule has 0 unspecified atom stereocenters. The van der Waals surface area contributed by atoms with E-state index >= 15 is 0 Å². The molecule has 0 radical (unpaired) electrons. The Hall–Kier alpha value is -1.18. The van der Waals surface area contributed by atoms with Crippen molar-refractivity contribution in [3.8, 4) is 0 Å². The molecule has 0 amide bonds. The van der Waals surface area contributed by atoms with Crippen LogP contribution < -0.4 is 11.1 Å². The van der Waals surface area contributed by atoms with Crippen LogP contribution in [-0.2, 0) is 0 Å². The summed E-state index contributed by atoms with van der Waals surface area (Å²) in [6, 6.07) is 6.09. The van der Waals surface area contributed by atoms with Crippen LogP contribution in [0.4, 0.5) is 11.4 Å². The van der Waals surface area contributed by atoms with E-state index in [9.17, 15) is 0 Å². The lowest BCUT2D eigenvalue weighted by Gasteiger charge is -2.10. The Balaban J connectivity index is 2.63. The minimum Gasteiger partial charge on any atom is -0.398 e. The second kappa shape index (κ2) is 4.17. The molecule has 2 nitrogen and oxygen atoms in total. The molecule has 1 rings (SSSR count). The topological polar surface area (TPSA) is 38.0 Å². The highest BCUT2D eigenvalue weighted by molar-refractivity contribution is 5.58. The molecule has 13 heavy (non-hydrogen) atoms. The third-order valence-corrected chi connectivity index (χ3v) is 1.99. The van der Waals surface area contributed by atoms with Crippen molar-refractivity contribution in [1.29, 1.82) is 0 Å². The third-order valence-electron chi connectivity index (χ3n) is 1.99. The smallest absolute Gasteiger partial charge is 0.0364 e. The largest absolute Gasteiger partial charge is 0.398 e. The minimum absolute atomic E-state index is 0.655. The molecule has 0 aliphatic rings. The maximum absolute atomic E-state index is 5.79. The van der Waals surface area contributed by atoms with Gasteiger partial charge in [0.1, 0.15) is 0 Å². The van der Waals surface area contributed by atoms with Crippen molar-refractivity contribution in [1.82, 2.24) is 0 Å². The van der Waals surface area contributed by atoms with E-state index in [-0.39, 0.29) is 0 Å². The van der Waals surface area contributed by atoms with Gasteiger partial charge in [0, 0.05) is 17.9 Å². The summed E-state index contributed by atoms with van der Waals surface area (Å²) >= 11 is 0.